The van der Waals surface area contributed by atoms with Crippen molar-refractivity contribution < 1.29 is 26.3 Å². The van der Waals surface area contributed by atoms with E-state index in [1.807, 2.05) is 0 Å². The van der Waals surface area contributed by atoms with E-state index in [1.54, 1.807) is 30.3 Å². The number of hydrogen-bond acceptors (Lipinski definition) is 3. The molecule has 0 atom stereocenters. The Labute approximate surface area is 125 Å². The third kappa shape index (κ3) is 4.22. The largest absolute Gasteiger partial charge is 0.573 e. The van der Waals surface area contributed by atoms with E-state index in [4.69, 9.17) is 5.14 Å². The van der Waals surface area contributed by atoms with Gasteiger partial charge < -0.3 is 4.74 Å². The van der Waals surface area contributed by atoms with Crippen LogP contribution in [0.5, 0.6) is 5.75 Å². The number of hydrogen-bond donors (Lipinski definition) is 1. The number of benzene rings is 2. The first-order valence-corrected chi connectivity index (χ1v) is 7.66. The first kappa shape index (κ1) is 16.3. The molecule has 0 fully saturated rings. The lowest BCUT2D eigenvalue weighted by molar-refractivity contribution is -0.275. The number of rotatable bonds is 4. The molecule has 0 aromatic heterocycles. The number of alkyl halides is 3. The van der Waals surface area contributed by atoms with Crippen LogP contribution in [0.15, 0.2) is 53.4 Å². The van der Waals surface area contributed by atoms with E-state index in [2.05, 4.69) is 4.74 Å². The van der Waals surface area contributed by atoms with Crippen LogP contribution in [0, 0.1) is 0 Å². The lowest BCUT2D eigenvalue weighted by Crippen LogP contribution is -2.22. The SMILES string of the molecule is NS(=O)(=O)c1cccc(Cc2ccccc2)c1OC(F)(F)F. The molecule has 2 aromatic carbocycles. The molecule has 0 spiro atoms. The van der Waals surface area contributed by atoms with Gasteiger partial charge in [-0.2, -0.15) is 0 Å². The quantitative estimate of drug-likeness (QED) is 0.936. The predicted molar refractivity (Wildman–Crippen MR) is 73.7 cm³/mol. The standard InChI is InChI=1S/C14H12F3NO3S/c15-14(16,17)21-13-11(9-10-5-2-1-3-6-10)7-4-8-12(13)22(18,19)20/h1-8H,9H2,(H2,18,19,20). The molecule has 2 aromatic rings. The molecule has 0 aliphatic rings. The Morgan fingerprint density at radius 2 is 1.64 bits per heavy atom. The van der Waals surface area contributed by atoms with Crippen LogP contribution in [0.4, 0.5) is 13.2 Å². The molecule has 118 valence electrons. The van der Waals surface area contributed by atoms with Crippen LogP contribution in [0.2, 0.25) is 0 Å². The summed E-state index contributed by atoms with van der Waals surface area (Å²) in [5.41, 5.74) is 0.788. The topological polar surface area (TPSA) is 69.4 Å². The smallest absolute Gasteiger partial charge is 0.404 e. The van der Waals surface area contributed by atoms with Crippen LogP contribution < -0.4 is 9.88 Å². The van der Waals surface area contributed by atoms with Crippen LogP contribution in [0.25, 0.3) is 0 Å². The van der Waals surface area contributed by atoms with Crippen LogP contribution >= 0.6 is 0 Å². The molecule has 0 amide bonds. The molecule has 22 heavy (non-hydrogen) atoms. The minimum Gasteiger partial charge on any atom is -0.404 e. The van der Waals surface area contributed by atoms with Gasteiger partial charge in [0.25, 0.3) is 0 Å². The second-order valence-corrected chi connectivity index (χ2v) is 6.03. The highest BCUT2D eigenvalue weighted by Crippen LogP contribution is 2.33. The molecular formula is C14H12F3NO3S. The fourth-order valence-electron chi connectivity index (χ4n) is 1.97. The molecule has 0 saturated carbocycles. The summed E-state index contributed by atoms with van der Waals surface area (Å²) in [7, 11) is -4.35. The van der Waals surface area contributed by atoms with Gasteiger partial charge in [0, 0.05) is 12.0 Å². The summed E-state index contributed by atoms with van der Waals surface area (Å²) in [5.74, 6) is -0.790. The van der Waals surface area contributed by atoms with Gasteiger partial charge in [-0.1, -0.05) is 42.5 Å². The lowest BCUT2D eigenvalue weighted by atomic mass is 10.0. The second-order valence-electron chi connectivity index (χ2n) is 4.50. The predicted octanol–water partition coefficient (Wildman–Crippen LogP) is 2.82. The molecule has 4 nitrogen and oxygen atoms in total. The van der Waals surface area contributed by atoms with Crippen molar-refractivity contribution >= 4 is 10.0 Å². The molecule has 8 heteroatoms. The van der Waals surface area contributed by atoms with E-state index >= 15 is 0 Å². The van der Waals surface area contributed by atoms with Crippen molar-refractivity contribution in [1.29, 1.82) is 0 Å². The molecule has 2 rings (SSSR count). The van der Waals surface area contributed by atoms with Crippen molar-refractivity contribution in [2.75, 3.05) is 0 Å². The summed E-state index contributed by atoms with van der Waals surface area (Å²) in [6.45, 7) is 0. The molecular weight excluding hydrogens is 319 g/mol. The fourth-order valence-corrected chi connectivity index (χ4v) is 2.67. The molecule has 0 radical (unpaired) electrons. The highest BCUT2D eigenvalue weighted by Gasteiger charge is 2.34. The summed E-state index contributed by atoms with van der Waals surface area (Å²) >= 11 is 0. The van der Waals surface area contributed by atoms with Crippen LogP contribution in [0.3, 0.4) is 0 Å². The second kappa shape index (κ2) is 5.98. The van der Waals surface area contributed by atoms with Gasteiger partial charge in [0.15, 0.2) is 5.75 Å². The van der Waals surface area contributed by atoms with E-state index in [9.17, 15) is 21.6 Å². The highest BCUT2D eigenvalue weighted by molar-refractivity contribution is 7.89. The Bertz CT molecular complexity index is 759. The number of sulfonamides is 1. The molecule has 0 bridgehead atoms. The molecule has 0 aliphatic heterocycles. The van der Waals surface area contributed by atoms with E-state index in [-0.39, 0.29) is 12.0 Å². The first-order chi connectivity index (χ1) is 10.2. The van der Waals surface area contributed by atoms with Crippen molar-refractivity contribution in [2.24, 2.45) is 5.14 Å². The van der Waals surface area contributed by atoms with Crippen molar-refractivity contribution in [3.8, 4) is 5.75 Å². The summed E-state index contributed by atoms with van der Waals surface area (Å²) in [5, 5.41) is 4.96. The summed E-state index contributed by atoms with van der Waals surface area (Å²) in [4.78, 5) is -0.696. The fraction of sp³-hybridized carbons (Fsp3) is 0.143. The van der Waals surface area contributed by atoms with Crippen molar-refractivity contribution in [2.45, 2.75) is 17.7 Å². The third-order valence-electron chi connectivity index (χ3n) is 2.82. The van der Waals surface area contributed by atoms with Crippen molar-refractivity contribution in [3.63, 3.8) is 0 Å². The first-order valence-electron chi connectivity index (χ1n) is 6.11. The zero-order chi connectivity index (χ0) is 16.4. The van der Waals surface area contributed by atoms with Crippen LogP contribution in [-0.4, -0.2) is 14.8 Å². The van der Waals surface area contributed by atoms with Crippen LogP contribution in [0.1, 0.15) is 11.1 Å². The van der Waals surface area contributed by atoms with Gasteiger partial charge in [0.2, 0.25) is 10.0 Å². The number of ether oxygens (including phenoxy) is 1. The van der Waals surface area contributed by atoms with E-state index < -0.39 is 27.0 Å². The van der Waals surface area contributed by atoms with E-state index in [1.165, 1.54) is 12.1 Å². The maximum absolute atomic E-state index is 12.6. The third-order valence-corrected chi connectivity index (χ3v) is 3.76. The number of para-hydroxylation sites is 1. The molecule has 0 unspecified atom stereocenters. The Balaban J connectivity index is 2.53. The van der Waals surface area contributed by atoms with E-state index in [0.717, 1.165) is 6.07 Å². The van der Waals surface area contributed by atoms with Gasteiger partial charge in [0.05, 0.1) is 0 Å². The Hall–Kier alpha value is -2.06. The van der Waals surface area contributed by atoms with Gasteiger partial charge in [-0.15, -0.1) is 13.2 Å². The minimum absolute atomic E-state index is 0.0788. The van der Waals surface area contributed by atoms with Crippen molar-refractivity contribution in [3.05, 3.63) is 59.7 Å². The zero-order valence-electron chi connectivity index (χ0n) is 11.2. The molecule has 0 aliphatic carbocycles. The molecule has 0 saturated heterocycles. The minimum atomic E-state index is -5.02. The van der Waals surface area contributed by atoms with E-state index in [0.29, 0.717) is 5.56 Å². The molecule has 0 heterocycles. The zero-order valence-corrected chi connectivity index (χ0v) is 12.0. The number of halogens is 3. The Kier molecular flexibility index (Phi) is 4.43. The van der Waals surface area contributed by atoms with Gasteiger partial charge in [-0.25, -0.2) is 13.6 Å². The number of nitrogens with two attached hydrogens (primary N) is 1. The normalized spacial score (nSPS) is 12.2. The number of primary sulfonamides is 1. The average molecular weight is 331 g/mol. The maximum atomic E-state index is 12.6. The average Bonchev–Trinajstić information content (AvgIpc) is 2.39. The van der Waals surface area contributed by atoms with Gasteiger partial charge in [0.1, 0.15) is 4.90 Å². The van der Waals surface area contributed by atoms with Gasteiger partial charge in [-0.3, -0.25) is 0 Å². The summed E-state index contributed by atoms with van der Waals surface area (Å²) in [6, 6.07) is 12.3. The van der Waals surface area contributed by atoms with Crippen molar-refractivity contribution in [1.82, 2.24) is 0 Å². The summed E-state index contributed by atoms with van der Waals surface area (Å²) < 4.78 is 64.6. The maximum Gasteiger partial charge on any atom is 0.573 e. The lowest BCUT2D eigenvalue weighted by Gasteiger charge is -2.16. The highest BCUT2D eigenvalue weighted by atomic mass is 32.2. The van der Waals surface area contributed by atoms with Gasteiger partial charge in [-0.05, 0) is 11.6 Å². The molecule has 2 N–H and O–H groups in total. The van der Waals surface area contributed by atoms with Crippen LogP contribution in [-0.2, 0) is 16.4 Å². The Morgan fingerprint density at radius 1 is 1.00 bits per heavy atom. The monoisotopic (exact) mass is 331 g/mol. The van der Waals surface area contributed by atoms with Gasteiger partial charge >= 0.3 is 6.36 Å². The Morgan fingerprint density at radius 3 is 2.18 bits per heavy atom. The summed E-state index contributed by atoms with van der Waals surface area (Å²) in [6.07, 6.45) is -4.94.